The van der Waals surface area contributed by atoms with E-state index in [1.54, 1.807) is 11.6 Å². The van der Waals surface area contributed by atoms with Crippen LogP contribution >= 0.6 is 0 Å². The number of piperidine rings is 1. The Labute approximate surface area is 233 Å². The number of likely N-dealkylation sites (N-methyl/N-ethyl adjacent to an activating group) is 1. The van der Waals surface area contributed by atoms with E-state index in [1.165, 1.54) is 36.7 Å². The minimum Gasteiger partial charge on any atom is -0.480 e. The Morgan fingerprint density at radius 3 is 2.56 bits per heavy atom. The number of hydrogen-bond acceptors (Lipinski definition) is 4. The second-order valence-corrected chi connectivity index (χ2v) is 12.8. The lowest BCUT2D eigenvalue weighted by Crippen LogP contribution is -2.47. The summed E-state index contributed by atoms with van der Waals surface area (Å²) in [6.45, 7) is 12.5. The molecule has 2 aliphatic carbocycles. The average molecular weight is 539 g/mol. The summed E-state index contributed by atoms with van der Waals surface area (Å²) in [6.07, 6.45) is 7.55. The molecule has 1 spiro atoms. The van der Waals surface area contributed by atoms with Crippen LogP contribution in [0.1, 0.15) is 88.2 Å². The van der Waals surface area contributed by atoms with Crippen LogP contribution in [0.15, 0.2) is 24.3 Å². The fraction of sp³-hybridized carbons (Fsp3) is 0.688. The van der Waals surface area contributed by atoms with Crippen LogP contribution in [-0.2, 0) is 29.6 Å². The van der Waals surface area contributed by atoms with Crippen LogP contribution in [-0.4, -0.2) is 69.4 Å². The molecule has 1 aliphatic heterocycles. The van der Waals surface area contributed by atoms with Gasteiger partial charge in [0.2, 0.25) is 0 Å². The van der Waals surface area contributed by atoms with Crippen LogP contribution in [0, 0.1) is 17.7 Å². The SMILES string of the molecule is CCc1c2c(nn1CC)CCC21CCN(C[C@H]2C[C@H](N(C)[C@@H](C(=O)O)C(C)C)C[C@@H]2c2cccc(F)c2)CC1. The molecule has 5 rings (SSSR count). The third kappa shape index (κ3) is 5.29. The Kier molecular flexibility index (Phi) is 8.21. The van der Waals surface area contributed by atoms with Crippen molar-refractivity contribution in [1.29, 1.82) is 0 Å². The molecular weight excluding hydrogens is 491 g/mol. The second-order valence-electron chi connectivity index (χ2n) is 12.8. The standard InChI is InChI=1S/C32H47FN4O2/c1-6-28-29-27(34-37(28)7-2)11-12-32(29)13-15-36(16-14-32)20-23-18-25(35(5)30(21(3)4)31(38)39)19-26(23)22-9-8-10-24(33)17-22/h8-10,17,21,23,25-26,30H,6-7,11-16,18-20H2,1-5H3,(H,38,39)/t23-,25+,26-,30-/m1/s1. The second kappa shape index (κ2) is 11.3. The number of likely N-dealkylation sites (tertiary alicyclic amines) is 1. The number of aryl methyl sites for hydroxylation is 2. The van der Waals surface area contributed by atoms with Gasteiger partial charge in [-0.1, -0.05) is 32.9 Å². The van der Waals surface area contributed by atoms with E-state index in [9.17, 15) is 14.3 Å². The number of fused-ring (bicyclic) bond motifs is 2. The zero-order chi connectivity index (χ0) is 27.9. The molecule has 1 aromatic heterocycles. The predicted octanol–water partition coefficient (Wildman–Crippen LogP) is 5.49. The monoisotopic (exact) mass is 538 g/mol. The number of aromatic nitrogens is 2. The average Bonchev–Trinajstić information content (AvgIpc) is 3.58. The first kappa shape index (κ1) is 28.3. The third-order valence-corrected chi connectivity index (χ3v) is 10.3. The predicted molar refractivity (Wildman–Crippen MR) is 153 cm³/mol. The van der Waals surface area contributed by atoms with Gasteiger partial charge in [0.05, 0.1) is 5.69 Å². The zero-order valence-electron chi connectivity index (χ0n) is 24.5. The quantitative estimate of drug-likeness (QED) is 0.458. The van der Waals surface area contributed by atoms with Crippen molar-refractivity contribution in [1.82, 2.24) is 19.6 Å². The molecule has 1 saturated heterocycles. The lowest BCUT2D eigenvalue weighted by molar-refractivity contribution is -0.145. The van der Waals surface area contributed by atoms with Crippen LogP contribution < -0.4 is 0 Å². The molecule has 0 amide bonds. The lowest BCUT2D eigenvalue weighted by atomic mass is 9.73. The highest BCUT2D eigenvalue weighted by Crippen LogP contribution is 2.49. The number of benzene rings is 1. The molecule has 0 bridgehead atoms. The fourth-order valence-electron chi connectivity index (χ4n) is 8.37. The number of nitrogens with zero attached hydrogens (tertiary/aromatic N) is 4. The Morgan fingerprint density at radius 2 is 1.95 bits per heavy atom. The maximum atomic E-state index is 14.3. The Bertz CT molecular complexity index is 1170. The van der Waals surface area contributed by atoms with E-state index >= 15 is 0 Å². The topological polar surface area (TPSA) is 61.6 Å². The van der Waals surface area contributed by atoms with Gasteiger partial charge in [-0.2, -0.15) is 5.10 Å². The van der Waals surface area contributed by atoms with Gasteiger partial charge in [-0.3, -0.25) is 14.4 Å². The van der Waals surface area contributed by atoms with E-state index in [0.29, 0.717) is 5.92 Å². The van der Waals surface area contributed by atoms with E-state index in [2.05, 4.69) is 34.4 Å². The summed E-state index contributed by atoms with van der Waals surface area (Å²) in [5, 5.41) is 14.9. The van der Waals surface area contributed by atoms with Crippen LogP contribution in [0.25, 0.3) is 0 Å². The zero-order valence-corrected chi connectivity index (χ0v) is 24.5. The molecule has 214 valence electrons. The van der Waals surface area contributed by atoms with Crippen molar-refractivity contribution in [2.24, 2.45) is 11.8 Å². The summed E-state index contributed by atoms with van der Waals surface area (Å²) >= 11 is 0. The van der Waals surface area contributed by atoms with E-state index in [0.717, 1.165) is 57.4 Å². The first-order valence-corrected chi connectivity index (χ1v) is 15.2. The van der Waals surface area contributed by atoms with E-state index in [-0.39, 0.29) is 29.1 Å². The summed E-state index contributed by atoms with van der Waals surface area (Å²) in [5.41, 5.74) is 5.69. The van der Waals surface area contributed by atoms with Crippen molar-refractivity contribution >= 4 is 5.97 Å². The molecule has 7 heteroatoms. The minimum atomic E-state index is -0.756. The van der Waals surface area contributed by atoms with Crippen LogP contribution in [0.4, 0.5) is 4.39 Å². The number of carboxylic acids is 1. The largest absolute Gasteiger partial charge is 0.480 e. The number of hydrogen-bond donors (Lipinski definition) is 1. The number of carbonyl (C=O) groups is 1. The summed E-state index contributed by atoms with van der Waals surface area (Å²) < 4.78 is 16.5. The van der Waals surface area contributed by atoms with E-state index in [4.69, 9.17) is 5.10 Å². The normalized spacial score (nSPS) is 25.6. The van der Waals surface area contributed by atoms with Crippen LogP contribution in [0.3, 0.4) is 0 Å². The number of rotatable bonds is 9. The van der Waals surface area contributed by atoms with Gasteiger partial charge in [-0.25, -0.2) is 4.39 Å². The van der Waals surface area contributed by atoms with Crippen molar-refractivity contribution in [2.45, 2.75) is 103 Å². The molecule has 4 atom stereocenters. The fourth-order valence-corrected chi connectivity index (χ4v) is 8.37. The minimum absolute atomic E-state index is 0.0267. The molecule has 1 aromatic carbocycles. The lowest BCUT2D eigenvalue weighted by Gasteiger charge is -2.41. The summed E-state index contributed by atoms with van der Waals surface area (Å²) in [7, 11) is 1.97. The molecule has 2 fully saturated rings. The number of aliphatic carboxylic acids is 1. The maximum absolute atomic E-state index is 14.3. The van der Waals surface area contributed by atoms with Crippen molar-refractivity contribution in [3.63, 3.8) is 0 Å². The smallest absolute Gasteiger partial charge is 0.321 e. The molecule has 2 aromatic rings. The highest BCUT2D eigenvalue weighted by atomic mass is 19.1. The first-order chi connectivity index (χ1) is 18.7. The Morgan fingerprint density at radius 1 is 1.21 bits per heavy atom. The molecule has 1 N–H and O–H groups in total. The summed E-state index contributed by atoms with van der Waals surface area (Å²) in [5.74, 6) is -0.307. The number of halogens is 1. The summed E-state index contributed by atoms with van der Waals surface area (Å²) in [6, 6.07) is 6.75. The molecule has 6 nitrogen and oxygen atoms in total. The Hall–Kier alpha value is -2.25. The van der Waals surface area contributed by atoms with Crippen molar-refractivity contribution in [2.75, 3.05) is 26.7 Å². The van der Waals surface area contributed by atoms with Gasteiger partial charge in [0.15, 0.2) is 0 Å². The third-order valence-electron chi connectivity index (χ3n) is 10.3. The van der Waals surface area contributed by atoms with Gasteiger partial charge in [0.25, 0.3) is 0 Å². The van der Waals surface area contributed by atoms with Crippen LogP contribution in [0.5, 0.6) is 0 Å². The van der Waals surface area contributed by atoms with Gasteiger partial charge in [-0.15, -0.1) is 0 Å². The van der Waals surface area contributed by atoms with Gasteiger partial charge >= 0.3 is 5.97 Å². The molecule has 2 heterocycles. The van der Waals surface area contributed by atoms with Gasteiger partial charge < -0.3 is 10.0 Å². The first-order valence-electron chi connectivity index (χ1n) is 15.2. The molecule has 0 unspecified atom stereocenters. The molecule has 39 heavy (non-hydrogen) atoms. The van der Waals surface area contributed by atoms with Crippen molar-refractivity contribution in [3.05, 3.63) is 52.6 Å². The molecular formula is C32H47FN4O2. The Balaban J connectivity index is 1.32. The molecule has 0 radical (unpaired) electrons. The van der Waals surface area contributed by atoms with E-state index < -0.39 is 12.0 Å². The maximum Gasteiger partial charge on any atom is 0.321 e. The highest BCUT2D eigenvalue weighted by molar-refractivity contribution is 5.73. The molecule has 3 aliphatic rings. The van der Waals surface area contributed by atoms with Gasteiger partial charge in [0.1, 0.15) is 11.9 Å². The van der Waals surface area contributed by atoms with Gasteiger partial charge in [-0.05, 0) is 107 Å². The van der Waals surface area contributed by atoms with Crippen molar-refractivity contribution in [3.8, 4) is 0 Å². The van der Waals surface area contributed by atoms with E-state index in [1.807, 2.05) is 27.0 Å². The van der Waals surface area contributed by atoms with Gasteiger partial charge in [0, 0.05) is 35.8 Å². The molecule has 1 saturated carbocycles. The van der Waals surface area contributed by atoms with Crippen molar-refractivity contribution < 1.29 is 14.3 Å². The highest BCUT2D eigenvalue weighted by Gasteiger charge is 2.46. The van der Waals surface area contributed by atoms with Crippen LogP contribution in [0.2, 0.25) is 0 Å². The summed E-state index contributed by atoms with van der Waals surface area (Å²) in [4.78, 5) is 16.8. The number of carboxylic acid groups (broad SMARTS) is 1.